The summed E-state index contributed by atoms with van der Waals surface area (Å²) in [6.07, 6.45) is 2.64. The number of methoxy groups -OCH3 is 1. The van der Waals surface area contributed by atoms with Crippen LogP contribution in [0.4, 0.5) is 5.69 Å². The number of carbonyl (C=O) groups excluding carboxylic acids is 3. The van der Waals surface area contributed by atoms with Crippen LogP contribution >= 0.6 is 0 Å². The molecule has 2 amide bonds. The monoisotopic (exact) mass is 486 g/mol. The zero-order chi connectivity index (χ0) is 25.3. The Morgan fingerprint density at radius 2 is 2.06 bits per heavy atom. The number of rotatable bonds is 10. The third kappa shape index (κ3) is 3.90. The molecule has 2 bridgehead atoms. The Balaban J connectivity index is 1.79. The Labute approximate surface area is 205 Å². The topological polar surface area (TPSA) is 106 Å². The van der Waals surface area contributed by atoms with Crippen molar-refractivity contribution in [3.63, 3.8) is 0 Å². The quantitative estimate of drug-likeness (QED) is 0.398. The molecule has 4 rings (SSSR count). The normalized spacial score (nSPS) is 29.6. The molecule has 0 aliphatic carbocycles. The summed E-state index contributed by atoms with van der Waals surface area (Å²) in [5.74, 6) is -2.07. The van der Waals surface area contributed by atoms with Crippen molar-refractivity contribution in [3.05, 3.63) is 36.9 Å². The van der Waals surface area contributed by atoms with Gasteiger partial charge in [-0.2, -0.15) is 0 Å². The highest BCUT2D eigenvalue weighted by atomic mass is 16.6. The van der Waals surface area contributed by atoms with Gasteiger partial charge in [0, 0.05) is 12.2 Å². The number of aliphatic hydroxyl groups is 1. The van der Waals surface area contributed by atoms with E-state index in [2.05, 4.69) is 6.58 Å². The van der Waals surface area contributed by atoms with Gasteiger partial charge in [0.15, 0.2) is 0 Å². The number of likely N-dealkylation sites (tertiary alicyclic amines) is 1. The predicted octanol–water partition coefficient (Wildman–Crippen LogP) is 1.92. The van der Waals surface area contributed by atoms with Crippen LogP contribution in [0.2, 0.25) is 0 Å². The van der Waals surface area contributed by atoms with Gasteiger partial charge in [0.05, 0.1) is 44.3 Å². The summed E-state index contributed by atoms with van der Waals surface area (Å²) in [6.45, 7) is 7.49. The van der Waals surface area contributed by atoms with E-state index in [0.29, 0.717) is 30.7 Å². The van der Waals surface area contributed by atoms with Crippen LogP contribution in [0.15, 0.2) is 36.9 Å². The number of fused-ring (bicyclic) bond motifs is 1. The van der Waals surface area contributed by atoms with Crippen LogP contribution in [0.3, 0.4) is 0 Å². The fraction of sp³-hybridized carbons (Fsp3) is 0.577. The van der Waals surface area contributed by atoms with Gasteiger partial charge in [0.2, 0.25) is 5.91 Å². The molecule has 9 nitrogen and oxygen atoms in total. The van der Waals surface area contributed by atoms with Crippen molar-refractivity contribution in [1.82, 2.24) is 4.90 Å². The van der Waals surface area contributed by atoms with Crippen LogP contribution in [-0.2, 0) is 23.9 Å². The summed E-state index contributed by atoms with van der Waals surface area (Å²) >= 11 is 0. The summed E-state index contributed by atoms with van der Waals surface area (Å²) in [5.41, 5.74) is -0.528. The Morgan fingerprint density at radius 3 is 2.63 bits per heavy atom. The number of carbonyl (C=O) groups is 3. The number of nitrogens with zero attached hydrogens (tertiary/aromatic N) is 2. The number of benzene rings is 1. The molecular formula is C26H34N2O7. The van der Waals surface area contributed by atoms with E-state index in [-0.39, 0.29) is 31.6 Å². The second-order valence-corrected chi connectivity index (χ2v) is 9.23. The Kier molecular flexibility index (Phi) is 7.19. The lowest BCUT2D eigenvalue weighted by molar-refractivity contribution is -0.155. The third-order valence-corrected chi connectivity index (χ3v) is 7.57. The average molecular weight is 487 g/mol. The molecule has 0 aromatic heterocycles. The fourth-order valence-electron chi connectivity index (χ4n) is 6.05. The number of hydrogen-bond acceptors (Lipinski definition) is 7. The lowest BCUT2D eigenvalue weighted by atomic mass is 9.70. The van der Waals surface area contributed by atoms with Crippen molar-refractivity contribution in [2.24, 2.45) is 11.8 Å². The summed E-state index contributed by atoms with van der Waals surface area (Å²) in [5, 5.41) is 10.1. The number of anilines is 1. The van der Waals surface area contributed by atoms with Crippen molar-refractivity contribution >= 4 is 23.5 Å². The minimum atomic E-state index is -1.15. The van der Waals surface area contributed by atoms with Crippen molar-refractivity contribution < 1.29 is 33.7 Å². The minimum absolute atomic E-state index is 0.195. The molecule has 3 fully saturated rings. The maximum atomic E-state index is 14.3. The molecule has 35 heavy (non-hydrogen) atoms. The molecule has 2 unspecified atom stereocenters. The summed E-state index contributed by atoms with van der Waals surface area (Å²) < 4.78 is 16.9. The van der Waals surface area contributed by atoms with Crippen LogP contribution in [0, 0.1) is 11.8 Å². The second kappa shape index (κ2) is 9.99. The first-order valence-electron chi connectivity index (χ1n) is 12.2. The molecule has 0 saturated carbocycles. The molecule has 190 valence electrons. The van der Waals surface area contributed by atoms with Gasteiger partial charge in [-0.3, -0.25) is 14.4 Å². The summed E-state index contributed by atoms with van der Waals surface area (Å²) in [7, 11) is 1.57. The maximum absolute atomic E-state index is 14.3. The first kappa shape index (κ1) is 25.2. The molecule has 1 N–H and O–H groups in total. The van der Waals surface area contributed by atoms with Crippen molar-refractivity contribution in [3.8, 4) is 5.75 Å². The van der Waals surface area contributed by atoms with E-state index in [9.17, 15) is 19.5 Å². The molecule has 0 radical (unpaired) electrons. The van der Waals surface area contributed by atoms with Crippen LogP contribution in [0.1, 0.15) is 33.1 Å². The van der Waals surface area contributed by atoms with Gasteiger partial charge in [-0.05, 0) is 50.5 Å². The minimum Gasteiger partial charge on any atom is -0.497 e. The van der Waals surface area contributed by atoms with Crippen LogP contribution < -0.4 is 9.64 Å². The van der Waals surface area contributed by atoms with Crippen molar-refractivity contribution in [2.75, 3.05) is 31.8 Å². The summed E-state index contributed by atoms with van der Waals surface area (Å²) in [4.78, 5) is 44.1. The van der Waals surface area contributed by atoms with Gasteiger partial charge in [-0.25, -0.2) is 0 Å². The fourth-order valence-corrected chi connectivity index (χ4v) is 6.05. The van der Waals surface area contributed by atoms with Crippen LogP contribution in [-0.4, -0.2) is 78.4 Å². The molecule has 3 heterocycles. The van der Waals surface area contributed by atoms with E-state index in [0.717, 1.165) is 0 Å². The largest absolute Gasteiger partial charge is 0.497 e. The van der Waals surface area contributed by atoms with Gasteiger partial charge in [-0.1, -0.05) is 13.0 Å². The highest BCUT2D eigenvalue weighted by Crippen LogP contribution is 2.59. The van der Waals surface area contributed by atoms with E-state index < -0.39 is 41.6 Å². The predicted molar refractivity (Wildman–Crippen MR) is 128 cm³/mol. The average Bonchev–Trinajstić information content (AvgIpc) is 3.51. The Hall–Kier alpha value is -2.91. The van der Waals surface area contributed by atoms with E-state index >= 15 is 0 Å². The number of hydrogen-bond donors (Lipinski definition) is 1. The Morgan fingerprint density at radius 1 is 1.34 bits per heavy atom. The smallest absolute Gasteiger partial charge is 0.312 e. The number of ether oxygens (including phenoxy) is 3. The van der Waals surface area contributed by atoms with Crippen LogP contribution in [0.25, 0.3) is 0 Å². The highest BCUT2D eigenvalue weighted by Gasteiger charge is 2.75. The van der Waals surface area contributed by atoms with Crippen LogP contribution in [0.5, 0.6) is 5.75 Å². The first-order chi connectivity index (χ1) is 16.9. The zero-order valence-corrected chi connectivity index (χ0v) is 20.5. The molecule has 3 aliphatic heterocycles. The molecule has 1 spiro atoms. The van der Waals surface area contributed by atoms with Crippen molar-refractivity contribution in [2.45, 2.75) is 56.9 Å². The van der Waals surface area contributed by atoms with E-state index in [4.69, 9.17) is 14.2 Å². The summed E-state index contributed by atoms with van der Waals surface area (Å²) in [6, 6.07) is 5.50. The molecule has 1 aromatic carbocycles. The third-order valence-electron chi connectivity index (χ3n) is 7.57. The van der Waals surface area contributed by atoms with Gasteiger partial charge in [0.25, 0.3) is 5.91 Å². The number of esters is 1. The van der Waals surface area contributed by atoms with E-state index in [1.807, 2.05) is 6.92 Å². The van der Waals surface area contributed by atoms with E-state index in [1.165, 1.54) is 4.90 Å². The lowest BCUT2D eigenvalue weighted by Crippen LogP contribution is -2.59. The van der Waals surface area contributed by atoms with Gasteiger partial charge < -0.3 is 29.1 Å². The van der Waals surface area contributed by atoms with Gasteiger partial charge in [0.1, 0.15) is 17.4 Å². The van der Waals surface area contributed by atoms with Gasteiger partial charge >= 0.3 is 5.97 Å². The second-order valence-electron chi connectivity index (χ2n) is 9.23. The molecule has 6 atom stereocenters. The van der Waals surface area contributed by atoms with Crippen molar-refractivity contribution in [1.29, 1.82) is 0 Å². The molecule has 9 heteroatoms. The molecule has 3 saturated heterocycles. The van der Waals surface area contributed by atoms with Gasteiger partial charge in [-0.15, -0.1) is 6.58 Å². The highest BCUT2D eigenvalue weighted by molar-refractivity contribution is 6.04. The zero-order valence-electron chi connectivity index (χ0n) is 20.5. The van der Waals surface area contributed by atoms with E-state index in [1.54, 1.807) is 49.3 Å². The molecule has 1 aromatic rings. The molecule has 3 aliphatic rings. The maximum Gasteiger partial charge on any atom is 0.312 e. The number of aliphatic hydroxyl groups excluding tert-OH is 1. The standard InChI is InChI=1S/C26H34N2O7/c1-5-14-27(17-8-10-18(33-4)11-9-17)24(31)22-26-13-12-19(35-26)20(25(32)34-7-3)21(26)23(30)28(22)16(6-2)15-29/h5,8-11,16,19-22,29H,1,6-7,12-15H2,2-4H3/t16-,19-,20+,21-,22?,26?/m0/s1. The lowest BCUT2D eigenvalue weighted by Gasteiger charge is -2.39. The first-order valence-corrected chi connectivity index (χ1v) is 12.2. The Bertz CT molecular complexity index is 976. The number of amides is 2. The SMILES string of the molecule is C=CCN(C(=O)C1N([C@@H](CC)CO)C(=O)[C@@H]2[C@H](C(=O)OCC)[C@@H]3CCC12O3)c1ccc(OC)cc1. The molecular weight excluding hydrogens is 452 g/mol.